The van der Waals surface area contributed by atoms with Crippen molar-refractivity contribution in [3.8, 4) is 0 Å². The zero-order valence-corrected chi connectivity index (χ0v) is 19.4. The minimum absolute atomic E-state index is 0.0272. The number of esters is 1. The van der Waals surface area contributed by atoms with Crippen LogP contribution in [0.5, 0.6) is 0 Å². The first-order valence-electron chi connectivity index (χ1n) is 10.7. The Morgan fingerprint density at radius 3 is 2.62 bits per heavy atom. The summed E-state index contributed by atoms with van der Waals surface area (Å²) in [5.74, 6) is 1.35. The predicted molar refractivity (Wildman–Crippen MR) is 123 cm³/mol. The molecule has 2 heterocycles. The summed E-state index contributed by atoms with van der Waals surface area (Å²) in [7, 11) is -1.94. The first-order chi connectivity index (χ1) is 15.3. The fraction of sp³-hybridized carbons (Fsp3) is 0.524. The van der Waals surface area contributed by atoms with Gasteiger partial charge in [-0.05, 0) is 44.7 Å². The van der Waals surface area contributed by atoms with Crippen LogP contribution >= 0.6 is 0 Å². The van der Waals surface area contributed by atoms with E-state index in [2.05, 4.69) is 25.6 Å². The SMILES string of the molecule is CCOC(=O)C1CCC(Nc2nccc(NCc3cccnc3N(C)S(C)(=O)=O)n2)CC1. The Labute approximate surface area is 188 Å². The van der Waals surface area contributed by atoms with Crippen LogP contribution in [0.25, 0.3) is 0 Å². The number of hydrogen-bond acceptors (Lipinski definition) is 9. The summed E-state index contributed by atoms with van der Waals surface area (Å²) in [6, 6.07) is 5.53. The van der Waals surface area contributed by atoms with Crippen LogP contribution in [-0.4, -0.2) is 55.3 Å². The third-order valence-corrected chi connectivity index (χ3v) is 6.63. The van der Waals surface area contributed by atoms with Gasteiger partial charge in [0.2, 0.25) is 16.0 Å². The molecular formula is C21H30N6O4S. The van der Waals surface area contributed by atoms with Gasteiger partial charge in [0.15, 0.2) is 0 Å². The number of anilines is 3. The van der Waals surface area contributed by atoms with Gasteiger partial charge in [0, 0.05) is 37.6 Å². The van der Waals surface area contributed by atoms with Crippen LogP contribution in [0.1, 0.15) is 38.2 Å². The topological polar surface area (TPSA) is 126 Å². The molecule has 1 aliphatic carbocycles. The van der Waals surface area contributed by atoms with Gasteiger partial charge in [0.25, 0.3) is 0 Å². The first kappa shape index (κ1) is 23.7. The monoisotopic (exact) mass is 462 g/mol. The van der Waals surface area contributed by atoms with Crippen LogP contribution in [0.15, 0.2) is 30.6 Å². The van der Waals surface area contributed by atoms with E-state index >= 15 is 0 Å². The van der Waals surface area contributed by atoms with Crippen molar-refractivity contribution in [3.63, 3.8) is 0 Å². The molecule has 1 saturated carbocycles. The highest BCUT2D eigenvalue weighted by Gasteiger charge is 2.27. The Morgan fingerprint density at radius 2 is 1.94 bits per heavy atom. The van der Waals surface area contributed by atoms with E-state index in [4.69, 9.17) is 4.74 Å². The van der Waals surface area contributed by atoms with E-state index in [1.54, 1.807) is 24.5 Å². The summed E-state index contributed by atoms with van der Waals surface area (Å²) in [5, 5.41) is 6.55. The second-order valence-corrected chi connectivity index (χ2v) is 9.79. The lowest BCUT2D eigenvalue weighted by Crippen LogP contribution is -2.30. The zero-order chi connectivity index (χ0) is 23.1. The number of carbonyl (C=O) groups is 1. The maximum Gasteiger partial charge on any atom is 0.308 e. The highest BCUT2D eigenvalue weighted by molar-refractivity contribution is 7.92. The number of carbonyl (C=O) groups excluding carboxylic acids is 1. The quantitative estimate of drug-likeness (QED) is 0.540. The molecule has 0 unspecified atom stereocenters. The second-order valence-electron chi connectivity index (χ2n) is 7.78. The lowest BCUT2D eigenvalue weighted by Gasteiger charge is -2.27. The van der Waals surface area contributed by atoms with Crippen molar-refractivity contribution in [1.82, 2.24) is 15.0 Å². The fourth-order valence-electron chi connectivity index (χ4n) is 3.64. The third kappa shape index (κ3) is 6.28. The van der Waals surface area contributed by atoms with Gasteiger partial charge in [-0.3, -0.25) is 9.10 Å². The van der Waals surface area contributed by atoms with Gasteiger partial charge in [-0.25, -0.2) is 18.4 Å². The fourth-order valence-corrected chi connectivity index (χ4v) is 4.12. The van der Waals surface area contributed by atoms with Crippen LogP contribution in [0.3, 0.4) is 0 Å². The number of ether oxygens (including phenoxy) is 1. The standard InChI is InChI=1S/C21H30N6O4S/c1-4-31-20(28)15-7-9-17(10-8-15)25-21-23-13-11-18(26-21)24-14-16-6-5-12-22-19(16)27(2)32(3,29)30/h5-6,11-13,15,17H,4,7-10,14H2,1-3H3,(H2,23,24,25,26). The Balaban J connectivity index is 1.58. The van der Waals surface area contributed by atoms with Crippen molar-refractivity contribution in [3.05, 3.63) is 36.2 Å². The molecule has 2 aromatic heterocycles. The van der Waals surface area contributed by atoms with Crippen molar-refractivity contribution in [2.45, 2.75) is 45.2 Å². The van der Waals surface area contributed by atoms with E-state index in [1.807, 2.05) is 13.0 Å². The normalized spacial score (nSPS) is 18.6. The first-order valence-corrected chi connectivity index (χ1v) is 12.5. The molecule has 0 aromatic carbocycles. The average molecular weight is 463 g/mol. The molecule has 1 fully saturated rings. The molecule has 0 spiro atoms. The van der Waals surface area contributed by atoms with Crippen molar-refractivity contribution in [2.24, 2.45) is 5.92 Å². The molecule has 2 aromatic rings. The van der Waals surface area contributed by atoms with Crippen LogP contribution in [0, 0.1) is 5.92 Å². The van der Waals surface area contributed by atoms with Crippen molar-refractivity contribution in [2.75, 3.05) is 34.8 Å². The summed E-state index contributed by atoms with van der Waals surface area (Å²) >= 11 is 0. The molecule has 3 rings (SSSR count). The molecule has 10 nitrogen and oxygen atoms in total. The van der Waals surface area contributed by atoms with Gasteiger partial charge in [0.1, 0.15) is 11.6 Å². The number of pyridine rings is 1. The van der Waals surface area contributed by atoms with E-state index < -0.39 is 10.0 Å². The molecule has 0 saturated heterocycles. The third-order valence-electron chi connectivity index (χ3n) is 5.46. The lowest BCUT2D eigenvalue weighted by atomic mass is 9.86. The van der Waals surface area contributed by atoms with Crippen LogP contribution in [-0.2, 0) is 26.1 Å². The smallest absolute Gasteiger partial charge is 0.308 e. The van der Waals surface area contributed by atoms with E-state index in [9.17, 15) is 13.2 Å². The Bertz CT molecular complexity index is 1020. The van der Waals surface area contributed by atoms with Crippen molar-refractivity contribution in [1.29, 1.82) is 0 Å². The van der Waals surface area contributed by atoms with Gasteiger partial charge in [-0.1, -0.05) is 6.07 Å². The zero-order valence-electron chi connectivity index (χ0n) is 18.6. The van der Waals surface area contributed by atoms with Crippen molar-refractivity contribution < 1.29 is 17.9 Å². The summed E-state index contributed by atoms with van der Waals surface area (Å²) in [6.45, 7) is 2.59. The minimum Gasteiger partial charge on any atom is -0.466 e. The Hall–Kier alpha value is -2.95. The van der Waals surface area contributed by atoms with Crippen LogP contribution in [0.2, 0.25) is 0 Å². The molecule has 32 heavy (non-hydrogen) atoms. The highest BCUT2D eigenvalue weighted by Crippen LogP contribution is 2.27. The molecule has 0 atom stereocenters. The molecule has 174 valence electrons. The molecule has 1 aliphatic rings. The van der Waals surface area contributed by atoms with Gasteiger partial charge in [-0.15, -0.1) is 0 Å². The average Bonchev–Trinajstić information content (AvgIpc) is 2.78. The number of nitrogens with one attached hydrogen (secondary N) is 2. The number of sulfonamides is 1. The molecule has 0 radical (unpaired) electrons. The van der Waals surface area contributed by atoms with E-state index in [0.717, 1.165) is 41.8 Å². The molecular weight excluding hydrogens is 432 g/mol. The molecule has 0 aliphatic heterocycles. The summed E-state index contributed by atoms with van der Waals surface area (Å²) in [6.07, 6.45) is 7.63. The van der Waals surface area contributed by atoms with Crippen LogP contribution < -0.4 is 14.9 Å². The summed E-state index contributed by atoms with van der Waals surface area (Å²) in [5.41, 5.74) is 0.728. The number of rotatable bonds is 9. The Kier molecular flexibility index (Phi) is 7.84. The molecule has 11 heteroatoms. The summed E-state index contributed by atoms with van der Waals surface area (Å²) < 4.78 is 30.1. The van der Waals surface area contributed by atoms with Crippen LogP contribution in [0.4, 0.5) is 17.6 Å². The minimum atomic E-state index is -3.42. The summed E-state index contributed by atoms with van der Waals surface area (Å²) in [4.78, 5) is 24.9. The van der Waals surface area contributed by atoms with E-state index in [0.29, 0.717) is 30.7 Å². The van der Waals surface area contributed by atoms with E-state index in [-0.39, 0.29) is 17.9 Å². The van der Waals surface area contributed by atoms with Gasteiger partial charge < -0.3 is 15.4 Å². The van der Waals surface area contributed by atoms with Gasteiger partial charge in [-0.2, -0.15) is 4.98 Å². The number of hydrogen-bond donors (Lipinski definition) is 2. The largest absolute Gasteiger partial charge is 0.466 e. The van der Waals surface area contributed by atoms with Gasteiger partial charge in [0.05, 0.1) is 18.8 Å². The predicted octanol–water partition coefficient (Wildman–Crippen LogP) is 2.41. The Morgan fingerprint density at radius 1 is 1.19 bits per heavy atom. The maximum absolute atomic E-state index is 11.9. The number of aromatic nitrogens is 3. The number of nitrogens with zero attached hydrogens (tertiary/aromatic N) is 4. The maximum atomic E-state index is 11.9. The molecule has 0 bridgehead atoms. The molecule has 0 amide bonds. The van der Waals surface area contributed by atoms with E-state index in [1.165, 1.54) is 7.05 Å². The van der Waals surface area contributed by atoms with Crippen molar-refractivity contribution >= 4 is 33.6 Å². The lowest BCUT2D eigenvalue weighted by molar-refractivity contribution is -0.149. The molecule has 2 N–H and O–H groups in total. The highest BCUT2D eigenvalue weighted by atomic mass is 32.2. The van der Waals surface area contributed by atoms with Gasteiger partial charge >= 0.3 is 5.97 Å². The second kappa shape index (κ2) is 10.6.